The summed E-state index contributed by atoms with van der Waals surface area (Å²) in [5.74, 6) is -0.207. The molecule has 1 aliphatic rings. The Hall–Kier alpha value is -1.79. The SMILES string of the molecule is COc1ccc(C(=O)NCC2COC(C)(C)O2)c(N)c1. The van der Waals surface area contributed by atoms with E-state index in [1.54, 1.807) is 25.3 Å². The molecular weight excluding hydrogens is 260 g/mol. The second kappa shape index (κ2) is 5.68. The number of hydrogen-bond acceptors (Lipinski definition) is 5. The van der Waals surface area contributed by atoms with E-state index in [2.05, 4.69) is 5.32 Å². The fraction of sp³-hybridized carbons (Fsp3) is 0.500. The molecule has 1 aromatic carbocycles. The van der Waals surface area contributed by atoms with E-state index in [0.29, 0.717) is 30.2 Å². The molecule has 1 saturated heterocycles. The number of nitrogens with one attached hydrogen (secondary N) is 1. The molecule has 0 saturated carbocycles. The Morgan fingerprint density at radius 1 is 1.55 bits per heavy atom. The minimum Gasteiger partial charge on any atom is -0.497 e. The molecule has 20 heavy (non-hydrogen) atoms. The van der Waals surface area contributed by atoms with Crippen LogP contribution in [0.2, 0.25) is 0 Å². The summed E-state index contributed by atoms with van der Waals surface area (Å²) in [4.78, 5) is 12.1. The van der Waals surface area contributed by atoms with E-state index >= 15 is 0 Å². The quantitative estimate of drug-likeness (QED) is 0.809. The molecule has 0 aliphatic carbocycles. The van der Waals surface area contributed by atoms with Crippen molar-refractivity contribution in [2.45, 2.75) is 25.7 Å². The van der Waals surface area contributed by atoms with Gasteiger partial charge in [-0.1, -0.05) is 0 Å². The summed E-state index contributed by atoms with van der Waals surface area (Å²) in [6.45, 7) is 4.53. The van der Waals surface area contributed by atoms with Crippen LogP contribution in [0.4, 0.5) is 5.69 Å². The average molecular weight is 280 g/mol. The summed E-state index contributed by atoms with van der Waals surface area (Å²) < 4.78 is 16.1. The molecular formula is C14H20N2O4. The van der Waals surface area contributed by atoms with Gasteiger partial charge >= 0.3 is 0 Å². The molecule has 6 heteroatoms. The highest BCUT2D eigenvalue weighted by molar-refractivity contribution is 5.99. The highest BCUT2D eigenvalue weighted by atomic mass is 16.7. The Morgan fingerprint density at radius 2 is 2.30 bits per heavy atom. The van der Waals surface area contributed by atoms with Crippen molar-refractivity contribution < 1.29 is 19.0 Å². The first-order valence-electron chi connectivity index (χ1n) is 6.45. The Kier molecular flexibility index (Phi) is 4.15. The van der Waals surface area contributed by atoms with Crippen molar-refractivity contribution in [2.75, 3.05) is 26.0 Å². The van der Waals surface area contributed by atoms with Crippen LogP contribution in [0.3, 0.4) is 0 Å². The van der Waals surface area contributed by atoms with E-state index in [1.165, 1.54) is 0 Å². The number of methoxy groups -OCH3 is 1. The molecule has 1 unspecified atom stereocenters. The van der Waals surface area contributed by atoms with E-state index < -0.39 is 5.79 Å². The zero-order chi connectivity index (χ0) is 14.8. The molecule has 1 atom stereocenters. The maximum absolute atomic E-state index is 12.1. The van der Waals surface area contributed by atoms with Crippen molar-refractivity contribution in [3.05, 3.63) is 23.8 Å². The molecule has 1 heterocycles. The largest absolute Gasteiger partial charge is 0.497 e. The van der Waals surface area contributed by atoms with Gasteiger partial charge in [-0.3, -0.25) is 4.79 Å². The predicted octanol–water partition coefficient (Wildman–Crippen LogP) is 1.16. The van der Waals surface area contributed by atoms with Gasteiger partial charge in [0.1, 0.15) is 11.9 Å². The molecule has 2 rings (SSSR count). The summed E-state index contributed by atoms with van der Waals surface area (Å²) in [5.41, 5.74) is 6.63. The van der Waals surface area contributed by atoms with E-state index in [0.717, 1.165) is 0 Å². The number of ether oxygens (including phenoxy) is 3. The summed E-state index contributed by atoms with van der Waals surface area (Å²) in [7, 11) is 1.55. The van der Waals surface area contributed by atoms with Crippen LogP contribution in [-0.2, 0) is 9.47 Å². The van der Waals surface area contributed by atoms with Gasteiger partial charge in [0, 0.05) is 18.3 Å². The topological polar surface area (TPSA) is 82.8 Å². The lowest BCUT2D eigenvalue weighted by atomic mass is 10.1. The number of nitrogen functional groups attached to an aromatic ring is 1. The minimum atomic E-state index is -0.589. The van der Waals surface area contributed by atoms with Crippen molar-refractivity contribution >= 4 is 11.6 Å². The van der Waals surface area contributed by atoms with Crippen LogP contribution in [0, 0.1) is 0 Å². The Morgan fingerprint density at radius 3 is 2.85 bits per heavy atom. The monoisotopic (exact) mass is 280 g/mol. The fourth-order valence-corrected chi connectivity index (χ4v) is 2.04. The zero-order valence-corrected chi connectivity index (χ0v) is 11.9. The third-order valence-corrected chi connectivity index (χ3v) is 3.06. The molecule has 0 bridgehead atoms. The molecule has 1 fully saturated rings. The molecule has 1 aliphatic heterocycles. The second-order valence-electron chi connectivity index (χ2n) is 5.11. The first kappa shape index (κ1) is 14.6. The second-order valence-corrected chi connectivity index (χ2v) is 5.11. The summed E-state index contributed by atoms with van der Waals surface area (Å²) >= 11 is 0. The summed E-state index contributed by atoms with van der Waals surface area (Å²) in [6.07, 6.45) is -0.145. The lowest BCUT2D eigenvalue weighted by Crippen LogP contribution is -2.34. The van der Waals surface area contributed by atoms with Gasteiger partial charge in [-0.2, -0.15) is 0 Å². The zero-order valence-electron chi connectivity index (χ0n) is 11.9. The third kappa shape index (κ3) is 3.40. The molecule has 6 nitrogen and oxygen atoms in total. The number of amides is 1. The van der Waals surface area contributed by atoms with Crippen LogP contribution in [0.25, 0.3) is 0 Å². The van der Waals surface area contributed by atoms with Crippen molar-refractivity contribution in [1.82, 2.24) is 5.32 Å². The predicted molar refractivity (Wildman–Crippen MR) is 74.6 cm³/mol. The van der Waals surface area contributed by atoms with Gasteiger partial charge in [0.25, 0.3) is 5.91 Å². The Labute approximate surface area is 118 Å². The van der Waals surface area contributed by atoms with Crippen LogP contribution < -0.4 is 15.8 Å². The van der Waals surface area contributed by atoms with Crippen LogP contribution in [0.15, 0.2) is 18.2 Å². The molecule has 0 radical (unpaired) electrons. The normalized spacial score (nSPS) is 20.6. The molecule has 0 spiro atoms. The van der Waals surface area contributed by atoms with Crippen molar-refractivity contribution in [3.63, 3.8) is 0 Å². The lowest BCUT2D eigenvalue weighted by Gasteiger charge is -2.17. The van der Waals surface area contributed by atoms with Gasteiger partial charge in [0.2, 0.25) is 0 Å². The van der Waals surface area contributed by atoms with Crippen LogP contribution in [-0.4, -0.2) is 38.1 Å². The number of hydrogen-bond donors (Lipinski definition) is 2. The Balaban J connectivity index is 1.92. The van der Waals surface area contributed by atoms with E-state index in [9.17, 15) is 4.79 Å². The van der Waals surface area contributed by atoms with Gasteiger partial charge in [-0.05, 0) is 26.0 Å². The highest BCUT2D eigenvalue weighted by Crippen LogP contribution is 2.22. The van der Waals surface area contributed by atoms with Gasteiger partial charge < -0.3 is 25.3 Å². The molecule has 0 aromatic heterocycles. The number of carbonyl (C=O) groups is 1. The van der Waals surface area contributed by atoms with Gasteiger partial charge in [0.05, 0.1) is 19.3 Å². The smallest absolute Gasteiger partial charge is 0.253 e. The third-order valence-electron chi connectivity index (χ3n) is 3.06. The first-order chi connectivity index (χ1) is 9.41. The van der Waals surface area contributed by atoms with Crippen LogP contribution in [0.1, 0.15) is 24.2 Å². The summed E-state index contributed by atoms with van der Waals surface area (Å²) in [6, 6.07) is 4.95. The lowest BCUT2D eigenvalue weighted by molar-refractivity contribution is -0.137. The number of carbonyl (C=O) groups excluding carboxylic acids is 1. The van der Waals surface area contributed by atoms with Crippen LogP contribution >= 0.6 is 0 Å². The van der Waals surface area contributed by atoms with Crippen molar-refractivity contribution in [3.8, 4) is 5.75 Å². The maximum atomic E-state index is 12.1. The molecule has 3 N–H and O–H groups in total. The highest BCUT2D eigenvalue weighted by Gasteiger charge is 2.32. The van der Waals surface area contributed by atoms with Crippen molar-refractivity contribution in [2.24, 2.45) is 0 Å². The summed E-state index contributed by atoms with van der Waals surface area (Å²) in [5, 5.41) is 2.79. The molecule has 110 valence electrons. The van der Waals surface area contributed by atoms with Gasteiger partial charge in [0.15, 0.2) is 5.79 Å². The van der Waals surface area contributed by atoms with E-state index in [4.69, 9.17) is 19.9 Å². The minimum absolute atomic E-state index is 0.145. The standard InChI is InChI=1S/C14H20N2O4/c1-14(2)19-8-10(20-14)7-16-13(17)11-5-4-9(18-3)6-12(11)15/h4-6,10H,7-8,15H2,1-3H3,(H,16,17). The molecule has 1 amide bonds. The number of nitrogens with two attached hydrogens (primary N) is 1. The number of rotatable bonds is 4. The Bertz CT molecular complexity index is 502. The molecule has 1 aromatic rings. The van der Waals surface area contributed by atoms with Crippen molar-refractivity contribution in [1.29, 1.82) is 0 Å². The van der Waals surface area contributed by atoms with Crippen LogP contribution in [0.5, 0.6) is 5.75 Å². The first-order valence-corrected chi connectivity index (χ1v) is 6.45. The van der Waals surface area contributed by atoms with E-state index in [-0.39, 0.29) is 12.0 Å². The van der Waals surface area contributed by atoms with Gasteiger partial charge in [-0.15, -0.1) is 0 Å². The number of anilines is 1. The average Bonchev–Trinajstić information content (AvgIpc) is 2.75. The van der Waals surface area contributed by atoms with Gasteiger partial charge in [-0.25, -0.2) is 0 Å². The van der Waals surface area contributed by atoms with E-state index in [1.807, 2.05) is 13.8 Å². The fourth-order valence-electron chi connectivity index (χ4n) is 2.04. The number of benzene rings is 1. The maximum Gasteiger partial charge on any atom is 0.253 e.